The SMILES string of the molecule is COCc1ccc2c(c1)C(NC(=O)NC1=C(C)C(O)NN1c1ccccc1)CN(CC(F)(F)F)C2C. The van der Waals surface area contributed by atoms with E-state index in [1.54, 1.807) is 32.0 Å². The standard InChI is InChI=1S/C25H30F3N5O3/c1-15-22(33(31-23(15)34)18-7-5-4-6-8-18)30-24(35)29-21-12-32(14-25(26,27)28)16(2)19-10-9-17(13-36-3)11-20(19)21/h4-11,16,21,23,31,34H,12-14H2,1-3H3,(H2,29,30,35). The van der Waals surface area contributed by atoms with Crippen LogP contribution in [0, 0.1) is 0 Å². The number of halogens is 3. The minimum absolute atomic E-state index is 0.0150. The lowest BCUT2D eigenvalue weighted by Gasteiger charge is -2.40. The van der Waals surface area contributed by atoms with Crippen LogP contribution in [0.5, 0.6) is 0 Å². The Morgan fingerprint density at radius 1 is 1.19 bits per heavy atom. The molecule has 36 heavy (non-hydrogen) atoms. The molecule has 0 fully saturated rings. The Kier molecular flexibility index (Phi) is 7.55. The number of carbonyl (C=O) groups excluding carboxylic acids is 1. The van der Waals surface area contributed by atoms with E-state index in [-0.39, 0.29) is 6.54 Å². The van der Waals surface area contributed by atoms with E-state index in [1.807, 2.05) is 42.5 Å². The Balaban J connectivity index is 1.59. The van der Waals surface area contributed by atoms with Gasteiger partial charge in [-0.05, 0) is 42.7 Å². The van der Waals surface area contributed by atoms with Crippen LogP contribution in [-0.4, -0.2) is 48.6 Å². The summed E-state index contributed by atoms with van der Waals surface area (Å²) in [5, 5.41) is 17.5. The lowest BCUT2D eigenvalue weighted by Crippen LogP contribution is -2.50. The topological polar surface area (TPSA) is 89.1 Å². The molecule has 0 spiro atoms. The monoisotopic (exact) mass is 505 g/mol. The summed E-state index contributed by atoms with van der Waals surface area (Å²) in [7, 11) is 1.56. The lowest BCUT2D eigenvalue weighted by molar-refractivity contribution is -0.152. The number of hydrazine groups is 1. The molecule has 0 radical (unpaired) electrons. The van der Waals surface area contributed by atoms with Crippen molar-refractivity contribution in [2.75, 3.05) is 25.2 Å². The van der Waals surface area contributed by atoms with E-state index in [2.05, 4.69) is 16.1 Å². The van der Waals surface area contributed by atoms with Gasteiger partial charge in [0.25, 0.3) is 0 Å². The average molecular weight is 506 g/mol. The van der Waals surface area contributed by atoms with Crippen LogP contribution in [0.25, 0.3) is 0 Å². The number of para-hydroxylation sites is 1. The van der Waals surface area contributed by atoms with Crippen molar-refractivity contribution in [3.8, 4) is 0 Å². The fourth-order valence-electron chi connectivity index (χ4n) is 4.63. The molecule has 0 saturated heterocycles. The molecule has 0 aliphatic carbocycles. The first kappa shape index (κ1) is 26.0. The minimum atomic E-state index is -4.38. The first-order chi connectivity index (χ1) is 17.1. The number of hydrogen-bond acceptors (Lipinski definition) is 6. The second-order valence-corrected chi connectivity index (χ2v) is 9.00. The summed E-state index contributed by atoms with van der Waals surface area (Å²) in [6.45, 7) is 2.65. The van der Waals surface area contributed by atoms with Crippen LogP contribution >= 0.6 is 0 Å². The number of methoxy groups -OCH3 is 1. The Hall–Kier alpha value is -3.12. The van der Waals surface area contributed by atoms with E-state index >= 15 is 0 Å². The number of alkyl halides is 3. The van der Waals surface area contributed by atoms with Gasteiger partial charge in [-0.2, -0.15) is 18.6 Å². The number of nitrogens with zero attached hydrogens (tertiary/aromatic N) is 2. The quantitative estimate of drug-likeness (QED) is 0.479. The molecule has 0 saturated carbocycles. The number of amides is 2. The highest BCUT2D eigenvalue weighted by molar-refractivity contribution is 5.78. The Bertz CT molecular complexity index is 1130. The largest absolute Gasteiger partial charge is 0.401 e. The molecule has 2 aromatic carbocycles. The van der Waals surface area contributed by atoms with E-state index in [1.165, 1.54) is 4.90 Å². The van der Waals surface area contributed by atoms with Crippen molar-refractivity contribution >= 4 is 11.7 Å². The number of anilines is 1. The van der Waals surface area contributed by atoms with Gasteiger partial charge in [0, 0.05) is 25.3 Å². The van der Waals surface area contributed by atoms with Crippen molar-refractivity contribution in [3.63, 3.8) is 0 Å². The van der Waals surface area contributed by atoms with Gasteiger partial charge in [0.15, 0.2) is 0 Å². The summed E-state index contributed by atoms with van der Waals surface area (Å²) in [5.74, 6) is 0.343. The van der Waals surface area contributed by atoms with Gasteiger partial charge in [-0.15, -0.1) is 0 Å². The number of ether oxygens (including phenoxy) is 1. The highest BCUT2D eigenvalue weighted by Gasteiger charge is 2.39. The number of rotatable bonds is 6. The summed E-state index contributed by atoms with van der Waals surface area (Å²) in [4.78, 5) is 14.4. The molecule has 4 rings (SSSR count). The predicted octanol–water partition coefficient (Wildman–Crippen LogP) is 3.69. The van der Waals surface area contributed by atoms with Crippen molar-refractivity contribution in [1.29, 1.82) is 0 Å². The zero-order valence-electron chi connectivity index (χ0n) is 20.3. The summed E-state index contributed by atoms with van der Waals surface area (Å²) in [6.07, 6.45) is -5.38. The van der Waals surface area contributed by atoms with E-state index in [4.69, 9.17) is 4.74 Å². The maximum atomic E-state index is 13.3. The third-order valence-electron chi connectivity index (χ3n) is 6.45. The molecule has 0 aromatic heterocycles. The molecule has 0 bridgehead atoms. The van der Waals surface area contributed by atoms with Gasteiger partial charge in [-0.25, -0.2) is 4.79 Å². The number of urea groups is 1. The summed E-state index contributed by atoms with van der Waals surface area (Å²) in [6, 6.07) is 12.8. The molecule has 2 aliphatic rings. The minimum Gasteiger partial charge on any atom is -0.380 e. The number of benzene rings is 2. The second-order valence-electron chi connectivity index (χ2n) is 9.00. The third kappa shape index (κ3) is 5.65. The average Bonchev–Trinajstić information content (AvgIpc) is 3.10. The number of nitrogens with one attached hydrogen (secondary N) is 3. The van der Waals surface area contributed by atoms with Crippen molar-refractivity contribution in [1.82, 2.24) is 21.0 Å². The van der Waals surface area contributed by atoms with Gasteiger partial charge in [-0.1, -0.05) is 36.4 Å². The van der Waals surface area contributed by atoms with Gasteiger partial charge in [0.2, 0.25) is 0 Å². The number of fused-ring (bicyclic) bond motifs is 1. The molecular weight excluding hydrogens is 475 g/mol. The molecule has 3 unspecified atom stereocenters. The molecule has 2 aliphatic heterocycles. The summed E-state index contributed by atoms with van der Waals surface area (Å²) in [5.41, 5.74) is 6.40. The van der Waals surface area contributed by atoms with Gasteiger partial charge in [0.1, 0.15) is 12.0 Å². The fourth-order valence-corrected chi connectivity index (χ4v) is 4.63. The first-order valence-electron chi connectivity index (χ1n) is 11.6. The first-order valence-corrected chi connectivity index (χ1v) is 11.6. The van der Waals surface area contributed by atoms with Gasteiger partial charge in [-0.3, -0.25) is 15.2 Å². The van der Waals surface area contributed by atoms with Crippen LogP contribution in [0.4, 0.5) is 23.7 Å². The molecule has 2 amide bonds. The van der Waals surface area contributed by atoms with E-state index in [0.29, 0.717) is 23.7 Å². The fraction of sp³-hybridized carbons (Fsp3) is 0.400. The maximum Gasteiger partial charge on any atom is 0.401 e. The predicted molar refractivity (Wildman–Crippen MR) is 128 cm³/mol. The zero-order chi connectivity index (χ0) is 26.0. The van der Waals surface area contributed by atoms with Crippen LogP contribution in [0.3, 0.4) is 0 Å². The summed E-state index contributed by atoms with van der Waals surface area (Å²) < 4.78 is 45.1. The smallest absolute Gasteiger partial charge is 0.380 e. The second kappa shape index (κ2) is 10.5. The van der Waals surface area contributed by atoms with Crippen LogP contribution in [0.15, 0.2) is 59.9 Å². The normalized spacial score (nSPS) is 22.5. The highest BCUT2D eigenvalue weighted by atomic mass is 19.4. The maximum absolute atomic E-state index is 13.3. The van der Waals surface area contributed by atoms with Crippen LogP contribution in [0.2, 0.25) is 0 Å². The van der Waals surface area contributed by atoms with E-state index < -0.39 is 37.1 Å². The Labute approximate surface area is 207 Å². The highest BCUT2D eigenvalue weighted by Crippen LogP contribution is 2.37. The molecular formula is C25H30F3N5O3. The Morgan fingerprint density at radius 2 is 1.92 bits per heavy atom. The third-order valence-corrected chi connectivity index (χ3v) is 6.45. The van der Waals surface area contributed by atoms with E-state index in [0.717, 1.165) is 16.7 Å². The van der Waals surface area contributed by atoms with E-state index in [9.17, 15) is 23.1 Å². The van der Waals surface area contributed by atoms with Crippen molar-refractivity contribution in [2.45, 2.75) is 44.9 Å². The Morgan fingerprint density at radius 3 is 2.58 bits per heavy atom. The van der Waals surface area contributed by atoms with Crippen molar-refractivity contribution < 1.29 is 27.8 Å². The lowest BCUT2D eigenvalue weighted by atomic mass is 9.88. The van der Waals surface area contributed by atoms with Crippen LogP contribution < -0.4 is 21.1 Å². The molecule has 11 heteroatoms. The van der Waals surface area contributed by atoms with Gasteiger partial charge >= 0.3 is 12.2 Å². The molecule has 194 valence electrons. The number of carbonyl (C=O) groups is 1. The number of aliphatic hydroxyl groups is 1. The van der Waals surface area contributed by atoms with Gasteiger partial charge < -0.3 is 15.2 Å². The molecule has 8 nitrogen and oxygen atoms in total. The van der Waals surface area contributed by atoms with Crippen LogP contribution in [0.1, 0.15) is 42.6 Å². The molecule has 4 N–H and O–H groups in total. The number of hydrogen-bond donors (Lipinski definition) is 4. The van der Waals surface area contributed by atoms with Crippen molar-refractivity contribution in [3.05, 3.63) is 76.6 Å². The molecule has 2 aromatic rings. The summed E-state index contributed by atoms with van der Waals surface area (Å²) >= 11 is 0. The van der Waals surface area contributed by atoms with Crippen molar-refractivity contribution in [2.24, 2.45) is 0 Å². The molecule has 2 heterocycles. The van der Waals surface area contributed by atoms with Crippen LogP contribution in [-0.2, 0) is 11.3 Å². The molecule has 3 atom stereocenters. The van der Waals surface area contributed by atoms with Gasteiger partial charge in [0.05, 0.1) is 24.9 Å². The zero-order valence-corrected chi connectivity index (χ0v) is 20.3. The number of aliphatic hydroxyl groups excluding tert-OH is 1.